The highest BCUT2D eigenvalue weighted by atomic mass is 33.1. The summed E-state index contributed by atoms with van der Waals surface area (Å²) in [7, 11) is 3.30. The Morgan fingerprint density at radius 2 is 1.65 bits per heavy atom. The minimum atomic E-state index is -0.640. The minimum Gasteiger partial charge on any atom is -0.426 e. The van der Waals surface area contributed by atoms with Gasteiger partial charge in [-0.05, 0) is 73.0 Å². The van der Waals surface area contributed by atoms with Crippen molar-refractivity contribution in [2.75, 3.05) is 0 Å². The molecule has 1 aliphatic heterocycles. The van der Waals surface area contributed by atoms with E-state index >= 15 is 0 Å². The monoisotopic (exact) mass is 551 g/mol. The van der Waals surface area contributed by atoms with E-state index in [2.05, 4.69) is 11.2 Å². The number of nitroso groups, excluding NO2 is 1. The third-order valence-corrected chi connectivity index (χ3v) is 8.76. The largest absolute Gasteiger partial charge is 0.426 e. The molecule has 9 heteroatoms. The van der Waals surface area contributed by atoms with Gasteiger partial charge in [0.2, 0.25) is 0 Å². The third-order valence-electron chi connectivity index (χ3n) is 5.66. The van der Waals surface area contributed by atoms with Crippen LogP contribution in [0.25, 0.3) is 15.7 Å². The van der Waals surface area contributed by atoms with Crippen molar-refractivity contribution in [2.24, 2.45) is 4.58 Å². The summed E-state index contributed by atoms with van der Waals surface area (Å²) >= 11 is 0.812. The third kappa shape index (κ3) is 7.06. The highest BCUT2D eigenvalue weighted by Crippen LogP contribution is 2.48. The van der Waals surface area contributed by atoms with Crippen LogP contribution in [0, 0.1) is 4.91 Å². The molecule has 0 bridgehead atoms. The molecule has 0 fully saturated rings. The normalized spacial score (nSPS) is 14.2. The Hall–Kier alpha value is -3.01. The number of rotatable bonds is 9. The Labute approximate surface area is 227 Å². The van der Waals surface area contributed by atoms with Gasteiger partial charge in [0.1, 0.15) is 11.5 Å². The summed E-state index contributed by atoms with van der Waals surface area (Å²) in [6.07, 6.45) is 2.09. The van der Waals surface area contributed by atoms with E-state index in [9.17, 15) is 14.5 Å². The van der Waals surface area contributed by atoms with Gasteiger partial charge in [0, 0.05) is 31.1 Å². The van der Waals surface area contributed by atoms with Crippen LogP contribution in [-0.4, -0.2) is 16.7 Å². The topological polar surface area (TPSA) is 82.0 Å². The molecule has 0 aliphatic carbocycles. The first-order valence-corrected chi connectivity index (χ1v) is 14.4. The van der Waals surface area contributed by atoms with Gasteiger partial charge in [-0.3, -0.25) is 9.59 Å². The van der Waals surface area contributed by atoms with Crippen LogP contribution in [0.4, 0.5) is 0 Å². The van der Waals surface area contributed by atoms with E-state index in [1.54, 1.807) is 59.7 Å². The Bertz CT molecular complexity index is 1400. The first-order chi connectivity index (χ1) is 17.6. The van der Waals surface area contributed by atoms with Gasteiger partial charge in [0.05, 0.1) is 12.3 Å². The molecule has 0 amide bonds. The molecule has 0 unspecified atom stereocenters. The maximum absolute atomic E-state index is 12.8. The summed E-state index contributed by atoms with van der Waals surface area (Å²) in [5.41, 5.74) is 1.88. The Balaban J connectivity index is 1.40. The van der Waals surface area contributed by atoms with E-state index in [1.807, 2.05) is 49.4 Å². The van der Waals surface area contributed by atoms with Crippen LogP contribution in [0.2, 0.25) is 0 Å². The van der Waals surface area contributed by atoms with Crippen LogP contribution in [0.3, 0.4) is 0 Å². The lowest BCUT2D eigenvalue weighted by molar-refractivity contribution is -0.136. The Morgan fingerprint density at radius 3 is 2.32 bits per heavy atom. The Morgan fingerprint density at radius 1 is 0.973 bits per heavy atom. The van der Waals surface area contributed by atoms with Crippen molar-refractivity contribution in [3.05, 3.63) is 94.3 Å². The lowest BCUT2D eigenvalue weighted by Gasteiger charge is -2.17. The van der Waals surface area contributed by atoms with Crippen LogP contribution in [0.1, 0.15) is 44.2 Å². The van der Waals surface area contributed by atoms with Crippen LogP contribution < -0.4 is 9.47 Å². The summed E-state index contributed by atoms with van der Waals surface area (Å²) in [6.45, 7) is 9.28. The first kappa shape index (κ1) is 27.0. The van der Waals surface area contributed by atoms with E-state index in [1.165, 1.54) is 0 Å². The minimum absolute atomic E-state index is 0.0500. The molecule has 37 heavy (non-hydrogen) atoms. The average molecular weight is 552 g/mol. The van der Waals surface area contributed by atoms with Crippen molar-refractivity contribution in [2.45, 2.75) is 37.9 Å². The van der Waals surface area contributed by atoms with Crippen LogP contribution >= 0.6 is 33.5 Å². The molecule has 1 heterocycles. The lowest BCUT2D eigenvalue weighted by Crippen LogP contribution is -2.22. The molecular formula is C28H25NO5S3. The van der Waals surface area contributed by atoms with Crippen LogP contribution in [0.15, 0.2) is 82.8 Å². The van der Waals surface area contributed by atoms with Gasteiger partial charge in [0.25, 0.3) is 0 Å². The van der Waals surface area contributed by atoms with Gasteiger partial charge >= 0.3 is 11.9 Å². The number of benzene rings is 3. The van der Waals surface area contributed by atoms with Crippen molar-refractivity contribution in [1.82, 2.24) is 0 Å². The van der Waals surface area contributed by atoms with Gasteiger partial charge in [-0.2, -0.15) is 0 Å². The van der Waals surface area contributed by atoms with E-state index in [0.29, 0.717) is 11.5 Å². The van der Waals surface area contributed by atoms with Gasteiger partial charge < -0.3 is 9.47 Å². The predicted molar refractivity (Wildman–Crippen MR) is 154 cm³/mol. The lowest BCUT2D eigenvalue weighted by atomic mass is 9.98. The Kier molecular flexibility index (Phi) is 8.46. The second-order valence-corrected chi connectivity index (χ2v) is 12.9. The molecule has 0 spiro atoms. The smallest absolute Gasteiger partial charge is 0.318 e. The van der Waals surface area contributed by atoms with Gasteiger partial charge in [-0.25, -0.2) is 0 Å². The molecule has 6 nitrogen and oxygen atoms in total. The first-order valence-electron chi connectivity index (χ1n) is 11.5. The molecule has 0 radical (unpaired) electrons. The zero-order chi connectivity index (χ0) is 26.6. The van der Waals surface area contributed by atoms with E-state index in [0.717, 1.165) is 43.7 Å². The highest BCUT2D eigenvalue weighted by Gasteiger charge is 2.25. The number of carbonyl (C=O) groups excluding carboxylic acids is 2. The van der Waals surface area contributed by atoms with E-state index in [4.69, 9.17) is 9.47 Å². The van der Waals surface area contributed by atoms with Crippen molar-refractivity contribution >= 4 is 61.2 Å². The number of ether oxygens (including phenoxy) is 2. The summed E-state index contributed by atoms with van der Waals surface area (Å²) in [6, 6.07) is 18.5. The van der Waals surface area contributed by atoms with Crippen molar-refractivity contribution < 1.29 is 19.1 Å². The fraction of sp³-hybridized carbons (Fsp3) is 0.214. The number of fused-ring (bicyclic) bond motifs is 1. The fourth-order valence-corrected chi connectivity index (χ4v) is 6.09. The molecule has 3 aromatic carbocycles. The molecule has 0 saturated carbocycles. The SMILES string of the molecule is C=C1C=C(c2ccc(OC(=O)[C@@H](C)c3ccc4cc(OC(=O)CC(C)(C)SN=O)ccc4c3)cc2)SS1. The predicted octanol–water partition coefficient (Wildman–Crippen LogP) is 8.29. The number of esters is 2. The molecule has 1 atom stereocenters. The number of hydrogen-bond donors (Lipinski definition) is 0. The average Bonchev–Trinajstić information content (AvgIpc) is 3.29. The maximum Gasteiger partial charge on any atom is 0.318 e. The molecule has 1 aliphatic rings. The molecule has 0 saturated heterocycles. The van der Waals surface area contributed by atoms with E-state index < -0.39 is 16.6 Å². The zero-order valence-electron chi connectivity index (χ0n) is 20.6. The van der Waals surface area contributed by atoms with Gasteiger partial charge in [-0.1, -0.05) is 64.6 Å². The van der Waals surface area contributed by atoms with Gasteiger partial charge in [-0.15, -0.1) is 4.91 Å². The second kappa shape index (κ2) is 11.6. The summed E-state index contributed by atoms with van der Waals surface area (Å²) in [5.74, 6) is -0.351. The summed E-state index contributed by atoms with van der Waals surface area (Å²) < 4.78 is 13.2. The number of allylic oxidation sites excluding steroid dienone is 1. The molecule has 0 aromatic heterocycles. The van der Waals surface area contributed by atoms with Gasteiger partial charge in [0.15, 0.2) is 0 Å². The number of nitrogens with zero attached hydrogens (tertiary/aromatic N) is 1. The molecular weight excluding hydrogens is 527 g/mol. The quantitative estimate of drug-likeness (QED) is 0.0864. The van der Waals surface area contributed by atoms with Crippen molar-refractivity contribution in [3.8, 4) is 11.5 Å². The molecule has 0 N–H and O–H groups in total. The van der Waals surface area contributed by atoms with Crippen LogP contribution in [0.5, 0.6) is 11.5 Å². The van der Waals surface area contributed by atoms with Crippen molar-refractivity contribution in [3.63, 3.8) is 0 Å². The van der Waals surface area contributed by atoms with E-state index in [-0.39, 0.29) is 12.4 Å². The second-order valence-electron chi connectivity index (χ2n) is 9.15. The number of hydrogen-bond acceptors (Lipinski definition) is 9. The van der Waals surface area contributed by atoms with Crippen LogP contribution in [-0.2, 0) is 9.59 Å². The summed E-state index contributed by atoms with van der Waals surface area (Å²) in [4.78, 5) is 37.8. The standard InChI is InChI=1S/C28H25NO5S3/c1-17-13-25(36-35-17)19-7-10-23(11-8-19)34-27(31)18(2)20-5-6-22-15-24(12-9-21(22)14-20)33-26(30)16-28(3,4)37-29-32/h5-15,18H,1,16H2,2-4H3/t18-/m0/s1. The molecule has 190 valence electrons. The molecule has 3 aromatic rings. The number of carbonyl (C=O) groups is 2. The maximum atomic E-state index is 12.8. The van der Waals surface area contributed by atoms with Crippen molar-refractivity contribution in [1.29, 1.82) is 0 Å². The zero-order valence-corrected chi connectivity index (χ0v) is 23.0. The molecule has 4 rings (SSSR count). The summed E-state index contributed by atoms with van der Waals surface area (Å²) in [5, 5.41) is 1.78. The highest BCUT2D eigenvalue weighted by molar-refractivity contribution is 8.82. The fourth-order valence-electron chi connectivity index (χ4n) is 3.68.